The van der Waals surface area contributed by atoms with Crippen LogP contribution in [-0.2, 0) is 6.42 Å². The van der Waals surface area contributed by atoms with Crippen molar-refractivity contribution in [3.8, 4) is 0 Å². The van der Waals surface area contributed by atoms with Gasteiger partial charge in [0.1, 0.15) is 17.4 Å². The van der Waals surface area contributed by atoms with Crippen molar-refractivity contribution in [1.82, 2.24) is 5.43 Å². The van der Waals surface area contributed by atoms with Crippen molar-refractivity contribution in [2.45, 2.75) is 19.4 Å². The minimum atomic E-state index is -0.638. The summed E-state index contributed by atoms with van der Waals surface area (Å²) in [5.74, 6) is 4.94. The molecular weight excluding hydrogens is 238 g/mol. The molecule has 3 nitrogen and oxygen atoms in total. The fraction of sp³-hybridized carbons (Fsp3) is 0.231. The van der Waals surface area contributed by atoms with Crippen molar-refractivity contribution in [3.63, 3.8) is 0 Å². The molecule has 0 aliphatic carbocycles. The molecule has 3 N–H and O–H groups in total. The Morgan fingerprint density at radius 2 is 2.06 bits per heavy atom. The van der Waals surface area contributed by atoms with E-state index in [-0.39, 0.29) is 5.56 Å². The van der Waals surface area contributed by atoms with E-state index in [4.69, 9.17) is 10.3 Å². The van der Waals surface area contributed by atoms with E-state index in [2.05, 4.69) is 5.43 Å². The van der Waals surface area contributed by atoms with Gasteiger partial charge in [0.25, 0.3) is 0 Å². The highest BCUT2D eigenvalue weighted by atomic mass is 19.1. The number of furan rings is 1. The lowest BCUT2D eigenvalue weighted by molar-refractivity contribution is 0.496. The number of benzene rings is 1. The first kappa shape index (κ1) is 12.7. The first-order chi connectivity index (χ1) is 8.67. The van der Waals surface area contributed by atoms with Gasteiger partial charge in [0.15, 0.2) is 0 Å². The number of hydrazine groups is 1. The van der Waals surface area contributed by atoms with Crippen molar-refractivity contribution in [1.29, 1.82) is 0 Å². The number of hydrogen-bond acceptors (Lipinski definition) is 3. The monoisotopic (exact) mass is 252 g/mol. The third-order valence-electron chi connectivity index (χ3n) is 2.85. The molecule has 96 valence electrons. The van der Waals surface area contributed by atoms with Crippen molar-refractivity contribution >= 4 is 0 Å². The van der Waals surface area contributed by atoms with Crippen LogP contribution in [0.15, 0.2) is 34.9 Å². The highest BCUT2D eigenvalue weighted by Crippen LogP contribution is 2.27. The molecule has 0 bridgehead atoms. The quantitative estimate of drug-likeness (QED) is 0.649. The second-order valence-corrected chi connectivity index (χ2v) is 3.92. The SMILES string of the molecule is CCc1occc1C(NN)c1ccc(F)cc1F. The summed E-state index contributed by atoms with van der Waals surface area (Å²) < 4.78 is 31.9. The standard InChI is InChI=1S/C13H14F2N2O/c1-2-12-10(5-6-18-12)13(17-16)9-4-3-8(14)7-11(9)15/h3-7,13,17H,2,16H2,1H3. The predicted molar refractivity (Wildman–Crippen MR) is 63.6 cm³/mol. The van der Waals surface area contributed by atoms with E-state index in [1.165, 1.54) is 18.4 Å². The van der Waals surface area contributed by atoms with Gasteiger partial charge >= 0.3 is 0 Å². The normalized spacial score (nSPS) is 12.7. The van der Waals surface area contributed by atoms with Gasteiger partial charge in [-0.2, -0.15) is 0 Å². The van der Waals surface area contributed by atoms with E-state index >= 15 is 0 Å². The van der Waals surface area contributed by atoms with Crippen LogP contribution in [0.1, 0.15) is 29.9 Å². The average Bonchev–Trinajstić information content (AvgIpc) is 2.81. The van der Waals surface area contributed by atoms with Crippen molar-refractivity contribution in [2.24, 2.45) is 5.84 Å². The molecule has 0 aliphatic heterocycles. The Labute approximate surface area is 104 Å². The fourth-order valence-corrected chi connectivity index (χ4v) is 1.98. The maximum absolute atomic E-state index is 13.7. The Morgan fingerprint density at radius 3 is 2.67 bits per heavy atom. The van der Waals surface area contributed by atoms with Gasteiger partial charge in [0, 0.05) is 23.6 Å². The second-order valence-electron chi connectivity index (χ2n) is 3.92. The van der Waals surface area contributed by atoms with Gasteiger partial charge in [0.2, 0.25) is 0 Å². The van der Waals surface area contributed by atoms with Crippen LogP contribution >= 0.6 is 0 Å². The summed E-state index contributed by atoms with van der Waals surface area (Å²) in [6, 6.07) is 4.59. The van der Waals surface area contributed by atoms with E-state index in [0.717, 1.165) is 17.4 Å². The molecule has 2 aromatic rings. The summed E-state index contributed by atoms with van der Waals surface area (Å²) >= 11 is 0. The maximum atomic E-state index is 13.7. The van der Waals surface area contributed by atoms with Gasteiger partial charge in [-0.25, -0.2) is 14.2 Å². The molecule has 18 heavy (non-hydrogen) atoms. The smallest absolute Gasteiger partial charge is 0.131 e. The lowest BCUT2D eigenvalue weighted by atomic mass is 9.98. The van der Waals surface area contributed by atoms with Crippen molar-refractivity contribution in [3.05, 3.63) is 59.1 Å². The number of rotatable bonds is 4. The van der Waals surface area contributed by atoms with Crippen LogP contribution in [0, 0.1) is 11.6 Å². The summed E-state index contributed by atoms with van der Waals surface area (Å²) in [6.07, 6.45) is 2.20. The highest BCUT2D eigenvalue weighted by molar-refractivity contribution is 5.34. The molecule has 0 saturated carbocycles. The summed E-state index contributed by atoms with van der Waals surface area (Å²) in [7, 11) is 0. The van der Waals surface area contributed by atoms with Gasteiger partial charge in [-0.05, 0) is 12.1 Å². The molecule has 1 aromatic heterocycles. The number of halogens is 2. The van der Waals surface area contributed by atoms with Crippen molar-refractivity contribution in [2.75, 3.05) is 0 Å². The third-order valence-corrected chi connectivity index (χ3v) is 2.85. The molecule has 0 fully saturated rings. The lowest BCUT2D eigenvalue weighted by Crippen LogP contribution is -2.29. The Bertz CT molecular complexity index is 540. The van der Waals surface area contributed by atoms with E-state index in [0.29, 0.717) is 6.42 Å². The zero-order chi connectivity index (χ0) is 13.1. The summed E-state index contributed by atoms with van der Waals surface area (Å²) in [4.78, 5) is 0. The first-order valence-corrected chi connectivity index (χ1v) is 5.64. The molecule has 1 heterocycles. The molecule has 0 radical (unpaired) electrons. The predicted octanol–water partition coefficient (Wildman–Crippen LogP) is 2.67. The largest absolute Gasteiger partial charge is 0.469 e. The van der Waals surface area contributed by atoms with Crippen LogP contribution in [0.25, 0.3) is 0 Å². The highest BCUT2D eigenvalue weighted by Gasteiger charge is 2.21. The van der Waals surface area contributed by atoms with Gasteiger partial charge in [-0.1, -0.05) is 13.0 Å². The van der Waals surface area contributed by atoms with Crippen LogP contribution in [-0.4, -0.2) is 0 Å². The zero-order valence-electron chi connectivity index (χ0n) is 9.91. The number of aryl methyl sites for hydroxylation is 1. The second kappa shape index (κ2) is 5.29. The molecule has 2 rings (SSSR count). The molecule has 0 saturated heterocycles. The average molecular weight is 252 g/mol. The lowest BCUT2D eigenvalue weighted by Gasteiger charge is -2.17. The van der Waals surface area contributed by atoms with Gasteiger partial charge < -0.3 is 4.42 Å². The maximum Gasteiger partial charge on any atom is 0.131 e. The summed E-state index contributed by atoms with van der Waals surface area (Å²) in [5.41, 5.74) is 3.58. The Kier molecular flexibility index (Phi) is 3.74. The first-order valence-electron chi connectivity index (χ1n) is 5.64. The molecule has 0 amide bonds. The van der Waals surface area contributed by atoms with Crippen LogP contribution in [0.3, 0.4) is 0 Å². The summed E-state index contributed by atoms with van der Waals surface area (Å²) in [5, 5.41) is 0. The van der Waals surface area contributed by atoms with Gasteiger partial charge in [0.05, 0.1) is 12.3 Å². The molecule has 1 atom stereocenters. The van der Waals surface area contributed by atoms with Crippen molar-refractivity contribution < 1.29 is 13.2 Å². The van der Waals surface area contributed by atoms with E-state index in [1.54, 1.807) is 6.07 Å². The fourth-order valence-electron chi connectivity index (χ4n) is 1.98. The van der Waals surface area contributed by atoms with Crippen LogP contribution in [0.4, 0.5) is 8.78 Å². The Hall–Kier alpha value is -1.72. The Balaban J connectivity index is 2.45. The van der Waals surface area contributed by atoms with E-state index in [1.807, 2.05) is 6.92 Å². The molecule has 0 aliphatic rings. The zero-order valence-corrected chi connectivity index (χ0v) is 9.91. The van der Waals surface area contributed by atoms with Gasteiger partial charge in [-0.15, -0.1) is 0 Å². The van der Waals surface area contributed by atoms with Crippen LogP contribution in [0.2, 0.25) is 0 Å². The molecule has 1 unspecified atom stereocenters. The minimum absolute atomic E-state index is 0.287. The summed E-state index contributed by atoms with van der Waals surface area (Å²) in [6.45, 7) is 1.93. The topological polar surface area (TPSA) is 51.2 Å². The third kappa shape index (κ3) is 2.27. The molecular formula is C13H14F2N2O. The van der Waals surface area contributed by atoms with Crippen LogP contribution < -0.4 is 11.3 Å². The number of nitrogens with one attached hydrogen (secondary N) is 1. The number of nitrogens with two attached hydrogens (primary N) is 1. The Morgan fingerprint density at radius 1 is 1.28 bits per heavy atom. The minimum Gasteiger partial charge on any atom is -0.469 e. The molecule has 1 aromatic carbocycles. The number of hydrogen-bond donors (Lipinski definition) is 2. The van der Waals surface area contributed by atoms with E-state index in [9.17, 15) is 8.78 Å². The van der Waals surface area contributed by atoms with Gasteiger partial charge in [-0.3, -0.25) is 5.84 Å². The van der Waals surface area contributed by atoms with Crippen LogP contribution in [0.5, 0.6) is 0 Å². The molecule has 0 spiro atoms. The van der Waals surface area contributed by atoms with E-state index < -0.39 is 17.7 Å². The molecule has 5 heteroatoms.